The minimum absolute atomic E-state index is 0.0843. The molecule has 2 rings (SSSR count). The van der Waals surface area contributed by atoms with Gasteiger partial charge in [-0.15, -0.1) is 0 Å². The Balaban J connectivity index is 2.28. The van der Waals surface area contributed by atoms with Crippen molar-refractivity contribution in [2.24, 2.45) is 5.73 Å². The number of benzene rings is 1. The minimum atomic E-state index is -1.15. The van der Waals surface area contributed by atoms with E-state index in [2.05, 4.69) is 11.8 Å². The van der Waals surface area contributed by atoms with Crippen LogP contribution in [0.2, 0.25) is 0 Å². The Morgan fingerprint density at radius 3 is 2.43 bits per heavy atom. The SMILES string of the molecule is CC1(C)OB(C(F)=Cc2cc(C#CCN)ccc2F)OC1(C)C. The van der Waals surface area contributed by atoms with Crippen LogP contribution in [-0.4, -0.2) is 24.9 Å². The summed E-state index contributed by atoms with van der Waals surface area (Å²) in [5.74, 6) is 4.91. The predicted molar refractivity (Wildman–Crippen MR) is 87.5 cm³/mol. The zero-order valence-electron chi connectivity index (χ0n) is 13.7. The van der Waals surface area contributed by atoms with E-state index in [9.17, 15) is 8.78 Å². The summed E-state index contributed by atoms with van der Waals surface area (Å²) in [6.45, 7) is 7.49. The topological polar surface area (TPSA) is 44.5 Å². The van der Waals surface area contributed by atoms with Crippen LogP contribution in [0.3, 0.4) is 0 Å². The van der Waals surface area contributed by atoms with E-state index in [4.69, 9.17) is 15.0 Å². The molecule has 1 aromatic rings. The predicted octanol–water partition coefficient (Wildman–Crippen LogP) is 3.08. The first-order chi connectivity index (χ1) is 10.7. The van der Waals surface area contributed by atoms with E-state index in [0.29, 0.717) is 5.56 Å². The highest BCUT2D eigenvalue weighted by Crippen LogP contribution is 2.39. The Morgan fingerprint density at radius 1 is 1.26 bits per heavy atom. The Labute approximate surface area is 136 Å². The van der Waals surface area contributed by atoms with Gasteiger partial charge < -0.3 is 15.0 Å². The van der Waals surface area contributed by atoms with E-state index in [1.807, 2.05) is 27.7 Å². The molecule has 0 bridgehead atoms. The van der Waals surface area contributed by atoms with Crippen molar-refractivity contribution in [3.05, 3.63) is 40.9 Å². The average molecular weight is 319 g/mol. The van der Waals surface area contributed by atoms with Crippen molar-refractivity contribution in [2.75, 3.05) is 6.54 Å². The van der Waals surface area contributed by atoms with Gasteiger partial charge >= 0.3 is 7.12 Å². The molecule has 1 aliphatic heterocycles. The third-order valence-corrected chi connectivity index (χ3v) is 4.10. The number of halogens is 2. The van der Waals surface area contributed by atoms with Gasteiger partial charge in [-0.3, -0.25) is 0 Å². The summed E-state index contributed by atoms with van der Waals surface area (Å²) >= 11 is 0. The summed E-state index contributed by atoms with van der Waals surface area (Å²) in [6, 6.07) is 4.22. The van der Waals surface area contributed by atoms with Gasteiger partial charge in [0.2, 0.25) is 0 Å². The normalized spacial score (nSPS) is 19.4. The van der Waals surface area contributed by atoms with Gasteiger partial charge in [-0.25, -0.2) is 8.78 Å². The molecule has 1 aromatic carbocycles. The maximum Gasteiger partial charge on any atom is 0.525 e. The lowest BCUT2D eigenvalue weighted by atomic mass is 9.86. The van der Waals surface area contributed by atoms with Crippen LogP contribution < -0.4 is 5.73 Å². The van der Waals surface area contributed by atoms with E-state index in [1.165, 1.54) is 18.2 Å². The Hall–Kier alpha value is -1.68. The molecule has 0 radical (unpaired) electrons. The molecule has 1 heterocycles. The van der Waals surface area contributed by atoms with Gasteiger partial charge in [-0.1, -0.05) is 11.8 Å². The summed E-state index contributed by atoms with van der Waals surface area (Å²) < 4.78 is 39.5. The van der Waals surface area contributed by atoms with Crippen LogP contribution in [0.25, 0.3) is 6.08 Å². The van der Waals surface area contributed by atoms with Gasteiger partial charge in [0, 0.05) is 11.1 Å². The molecule has 1 fully saturated rings. The highest BCUT2D eigenvalue weighted by atomic mass is 19.1. The van der Waals surface area contributed by atoms with Crippen LogP contribution in [0.5, 0.6) is 0 Å². The Morgan fingerprint density at radius 2 is 1.87 bits per heavy atom. The molecular formula is C17H20BF2NO2. The molecule has 1 aliphatic rings. The van der Waals surface area contributed by atoms with Crippen LogP contribution in [0.1, 0.15) is 38.8 Å². The van der Waals surface area contributed by atoms with Crippen molar-refractivity contribution in [2.45, 2.75) is 38.9 Å². The molecule has 3 nitrogen and oxygen atoms in total. The van der Waals surface area contributed by atoms with Crippen molar-refractivity contribution < 1.29 is 18.1 Å². The molecule has 23 heavy (non-hydrogen) atoms. The fourth-order valence-corrected chi connectivity index (χ4v) is 2.06. The maximum atomic E-state index is 14.4. The maximum absolute atomic E-state index is 14.4. The zero-order valence-corrected chi connectivity index (χ0v) is 13.7. The van der Waals surface area contributed by atoms with Gasteiger partial charge in [0.05, 0.1) is 17.7 Å². The quantitative estimate of drug-likeness (QED) is 0.673. The number of hydrogen-bond acceptors (Lipinski definition) is 3. The highest BCUT2D eigenvalue weighted by molar-refractivity contribution is 6.54. The molecular weight excluding hydrogens is 299 g/mol. The molecule has 2 N–H and O–H groups in total. The first-order valence-corrected chi connectivity index (χ1v) is 7.37. The molecule has 0 amide bonds. The third kappa shape index (κ3) is 3.81. The first kappa shape index (κ1) is 17.7. The van der Waals surface area contributed by atoms with E-state index in [-0.39, 0.29) is 12.1 Å². The molecule has 1 saturated heterocycles. The van der Waals surface area contributed by atoms with Gasteiger partial charge in [0.1, 0.15) is 11.5 Å². The number of rotatable bonds is 2. The van der Waals surface area contributed by atoms with Crippen molar-refractivity contribution in [3.8, 4) is 11.8 Å². The average Bonchev–Trinajstić information content (AvgIpc) is 2.68. The third-order valence-electron chi connectivity index (χ3n) is 4.10. The van der Waals surface area contributed by atoms with E-state index >= 15 is 0 Å². The summed E-state index contributed by atoms with van der Waals surface area (Å²) in [4.78, 5) is 0. The standard InChI is InChI=1S/C17H20BF2NO2/c1-16(2)17(3,4)23-18(22-16)15(20)11-13-10-12(6-5-9-21)7-8-14(13)19/h7-8,10-11H,9,21H2,1-4H3. The molecule has 0 aliphatic carbocycles. The van der Waals surface area contributed by atoms with Gasteiger partial charge in [-0.2, -0.15) is 0 Å². The second kappa shape index (κ2) is 6.44. The monoisotopic (exact) mass is 319 g/mol. The van der Waals surface area contributed by atoms with Crippen LogP contribution >= 0.6 is 0 Å². The van der Waals surface area contributed by atoms with E-state index in [1.54, 1.807) is 0 Å². The lowest BCUT2D eigenvalue weighted by Gasteiger charge is -2.32. The molecule has 0 aromatic heterocycles. The summed E-state index contributed by atoms with van der Waals surface area (Å²) in [7, 11) is -1.15. The highest BCUT2D eigenvalue weighted by Gasteiger charge is 2.53. The molecule has 6 heteroatoms. The number of hydrogen-bond donors (Lipinski definition) is 1. The summed E-state index contributed by atoms with van der Waals surface area (Å²) in [5.41, 5.74) is 3.95. The first-order valence-electron chi connectivity index (χ1n) is 7.37. The van der Waals surface area contributed by atoms with Crippen LogP contribution in [0.4, 0.5) is 8.78 Å². The van der Waals surface area contributed by atoms with Crippen LogP contribution in [-0.2, 0) is 9.31 Å². The largest absolute Gasteiger partial charge is 0.525 e. The second-order valence-electron chi connectivity index (χ2n) is 6.36. The van der Waals surface area contributed by atoms with Gasteiger partial charge in [0.15, 0.2) is 0 Å². The van der Waals surface area contributed by atoms with Crippen molar-refractivity contribution >= 4 is 13.2 Å². The molecule has 0 saturated carbocycles. The van der Waals surface area contributed by atoms with Crippen molar-refractivity contribution in [3.63, 3.8) is 0 Å². The molecule has 122 valence electrons. The van der Waals surface area contributed by atoms with Crippen LogP contribution in [0.15, 0.2) is 23.9 Å². The van der Waals surface area contributed by atoms with Gasteiger partial charge in [-0.05, 0) is 52.0 Å². The lowest BCUT2D eigenvalue weighted by molar-refractivity contribution is 0.00578. The van der Waals surface area contributed by atoms with Gasteiger partial charge in [0.25, 0.3) is 0 Å². The Bertz CT molecular complexity index is 674. The van der Waals surface area contributed by atoms with E-state index in [0.717, 1.165) is 6.08 Å². The second-order valence-corrected chi connectivity index (χ2v) is 6.36. The molecule has 0 atom stereocenters. The van der Waals surface area contributed by atoms with Crippen LogP contribution in [0, 0.1) is 17.7 Å². The van der Waals surface area contributed by atoms with E-state index < -0.39 is 29.9 Å². The zero-order chi connectivity index (χ0) is 17.3. The van der Waals surface area contributed by atoms with Crippen molar-refractivity contribution in [1.29, 1.82) is 0 Å². The summed E-state index contributed by atoms with van der Waals surface area (Å²) in [5, 5.41) is 0. The number of nitrogens with two attached hydrogens (primary N) is 1. The fourth-order valence-electron chi connectivity index (χ4n) is 2.06. The molecule has 0 unspecified atom stereocenters. The summed E-state index contributed by atoms with van der Waals surface area (Å²) in [6.07, 6.45) is 1.07. The minimum Gasteiger partial charge on any atom is -0.398 e. The fraction of sp³-hybridized carbons (Fsp3) is 0.412. The Kier molecular flexibility index (Phi) is 4.95. The van der Waals surface area contributed by atoms with Crippen molar-refractivity contribution in [1.82, 2.24) is 0 Å². The molecule has 0 spiro atoms. The lowest BCUT2D eigenvalue weighted by Crippen LogP contribution is -2.41. The smallest absolute Gasteiger partial charge is 0.398 e.